The lowest BCUT2D eigenvalue weighted by Gasteiger charge is -2.34. The lowest BCUT2D eigenvalue weighted by Crippen LogP contribution is -2.35. The third kappa shape index (κ3) is 3.82. The first-order chi connectivity index (χ1) is 9.20. The molecule has 1 aliphatic carbocycles. The summed E-state index contributed by atoms with van der Waals surface area (Å²) in [4.78, 5) is 8.71. The van der Waals surface area contributed by atoms with Crippen molar-refractivity contribution in [3.8, 4) is 5.88 Å². The first-order valence-electron chi connectivity index (χ1n) is 7.43. The molecular weight excluding hydrogens is 238 g/mol. The van der Waals surface area contributed by atoms with Crippen molar-refractivity contribution >= 4 is 5.95 Å². The predicted molar refractivity (Wildman–Crippen MR) is 77.4 cm³/mol. The predicted octanol–water partition coefficient (Wildman–Crippen LogP) is 3.50. The molecule has 1 aromatic rings. The molecule has 0 saturated heterocycles. The Hall–Kier alpha value is -1.32. The van der Waals surface area contributed by atoms with Gasteiger partial charge in [0.05, 0.1) is 6.61 Å². The Morgan fingerprint density at radius 1 is 1.37 bits per heavy atom. The Morgan fingerprint density at radius 2 is 2.16 bits per heavy atom. The molecular formula is C15H25N3O. The Kier molecular flexibility index (Phi) is 5.00. The number of hydrogen-bond donors (Lipinski definition) is 1. The molecule has 2 rings (SSSR count). The van der Waals surface area contributed by atoms with Crippen LogP contribution in [0.25, 0.3) is 0 Å². The highest BCUT2D eigenvalue weighted by Crippen LogP contribution is 2.31. The SMILES string of the molecule is CCOc1ccnc(NC2CCCCC2C(C)C)n1. The zero-order chi connectivity index (χ0) is 13.7. The van der Waals surface area contributed by atoms with Crippen molar-refractivity contribution in [2.24, 2.45) is 11.8 Å². The average Bonchev–Trinajstić information content (AvgIpc) is 2.40. The lowest BCUT2D eigenvalue weighted by molar-refractivity contribution is 0.252. The minimum absolute atomic E-state index is 0.491. The van der Waals surface area contributed by atoms with E-state index in [4.69, 9.17) is 4.74 Å². The van der Waals surface area contributed by atoms with Gasteiger partial charge in [-0.3, -0.25) is 0 Å². The van der Waals surface area contributed by atoms with E-state index in [1.807, 2.05) is 6.92 Å². The molecule has 2 atom stereocenters. The number of nitrogens with zero attached hydrogens (tertiary/aromatic N) is 2. The summed E-state index contributed by atoms with van der Waals surface area (Å²) in [6, 6.07) is 2.29. The maximum Gasteiger partial charge on any atom is 0.226 e. The normalized spacial score (nSPS) is 23.4. The zero-order valence-corrected chi connectivity index (χ0v) is 12.2. The molecule has 1 aromatic heterocycles. The van der Waals surface area contributed by atoms with Gasteiger partial charge < -0.3 is 10.1 Å². The number of nitrogens with one attached hydrogen (secondary N) is 1. The summed E-state index contributed by atoms with van der Waals surface area (Å²) in [6.07, 6.45) is 6.92. The molecule has 19 heavy (non-hydrogen) atoms. The van der Waals surface area contributed by atoms with Crippen LogP contribution in [0.5, 0.6) is 5.88 Å². The Balaban J connectivity index is 2.04. The summed E-state index contributed by atoms with van der Waals surface area (Å²) in [7, 11) is 0. The van der Waals surface area contributed by atoms with Crippen LogP contribution in [0.15, 0.2) is 12.3 Å². The van der Waals surface area contributed by atoms with Crippen LogP contribution in [0.3, 0.4) is 0 Å². The van der Waals surface area contributed by atoms with Crippen molar-refractivity contribution in [1.29, 1.82) is 0 Å². The highest BCUT2D eigenvalue weighted by Gasteiger charge is 2.27. The van der Waals surface area contributed by atoms with E-state index in [1.165, 1.54) is 25.7 Å². The smallest absolute Gasteiger partial charge is 0.226 e. The van der Waals surface area contributed by atoms with Crippen LogP contribution in [0.2, 0.25) is 0 Å². The van der Waals surface area contributed by atoms with Crippen LogP contribution in [0.4, 0.5) is 5.95 Å². The molecule has 1 N–H and O–H groups in total. The van der Waals surface area contributed by atoms with Gasteiger partial charge in [0.2, 0.25) is 11.8 Å². The number of anilines is 1. The lowest BCUT2D eigenvalue weighted by atomic mass is 9.78. The van der Waals surface area contributed by atoms with Gasteiger partial charge in [-0.25, -0.2) is 4.98 Å². The number of ether oxygens (including phenoxy) is 1. The zero-order valence-electron chi connectivity index (χ0n) is 12.2. The van der Waals surface area contributed by atoms with E-state index in [2.05, 4.69) is 29.1 Å². The summed E-state index contributed by atoms with van der Waals surface area (Å²) in [6.45, 7) is 7.21. The molecule has 0 aromatic carbocycles. The molecule has 0 amide bonds. The number of hydrogen-bond acceptors (Lipinski definition) is 4. The average molecular weight is 263 g/mol. The van der Waals surface area contributed by atoms with Crippen LogP contribution in [0, 0.1) is 11.8 Å². The van der Waals surface area contributed by atoms with E-state index in [9.17, 15) is 0 Å². The van der Waals surface area contributed by atoms with E-state index in [1.54, 1.807) is 12.3 Å². The maximum absolute atomic E-state index is 5.42. The molecule has 1 aliphatic rings. The van der Waals surface area contributed by atoms with Crippen molar-refractivity contribution < 1.29 is 4.74 Å². The topological polar surface area (TPSA) is 47.0 Å². The first-order valence-corrected chi connectivity index (χ1v) is 7.43. The summed E-state index contributed by atoms with van der Waals surface area (Å²) in [5, 5.41) is 3.51. The monoisotopic (exact) mass is 263 g/mol. The number of aromatic nitrogens is 2. The summed E-state index contributed by atoms with van der Waals surface area (Å²) in [5.74, 6) is 2.77. The van der Waals surface area contributed by atoms with E-state index in [0.717, 1.165) is 0 Å². The van der Waals surface area contributed by atoms with Crippen molar-refractivity contribution in [2.45, 2.75) is 52.5 Å². The molecule has 0 aliphatic heterocycles. The molecule has 106 valence electrons. The minimum atomic E-state index is 0.491. The highest BCUT2D eigenvalue weighted by atomic mass is 16.5. The van der Waals surface area contributed by atoms with E-state index in [0.29, 0.717) is 36.3 Å². The second kappa shape index (κ2) is 6.73. The molecule has 1 fully saturated rings. The van der Waals surface area contributed by atoms with Crippen LogP contribution in [-0.4, -0.2) is 22.6 Å². The third-order valence-electron chi connectivity index (χ3n) is 3.91. The molecule has 2 unspecified atom stereocenters. The molecule has 0 spiro atoms. The van der Waals surface area contributed by atoms with Crippen LogP contribution in [-0.2, 0) is 0 Å². The van der Waals surface area contributed by atoms with Gasteiger partial charge in [0.15, 0.2) is 0 Å². The molecule has 0 radical (unpaired) electrons. The molecule has 1 saturated carbocycles. The van der Waals surface area contributed by atoms with Gasteiger partial charge >= 0.3 is 0 Å². The second-order valence-corrected chi connectivity index (χ2v) is 5.59. The highest BCUT2D eigenvalue weighted by molar-refractivity contribution is 5.29. The van der Waals surface area contributed by atoms with Crippen molar-refractivity contribution in [3.63, 3.8) is 0 Å². The molecule has 0 bridgehead atoms. The third-order valence-corrected chi connectivity index (χ3v) is 3.91. The van der Waals surface area contributed by atoms with Gasteiger partial charge in [0, 0.05) is 18.3 Å². The Bertz CT molecular complexity index is 395. The fourth-order valence-corrected chi connectivity index (χ4v) is 2.94. The van der Waals surface area contributed by atoms with Gasteiger partial charge in [0.1, 0.15) is 0 Å². The summed E-state index contributed by atoms with van der Waals surface area (Å²) >= 11 is 0. The minimum Gasteiger partial charge on any atom is -0.478 e. The van der Waals surface area contributed by atoms with Gasteiger partial charge in [-0.2, -0.15) is 4.98 Å². The van der Waals surface area contributed by atoms with Crippen molar-refractivity contribution in [1.82, 2.24) is 9.97 Å². The molecule has 1 heterocycles. The van der Waals surface area contributed by atoms with Gasteiger partial charge in [-0.1, -0.05) is 26.7 Å². The fourth-order valence-electron chi connectivity index (χ4n) is 2.94. The van der Waals surface area contributed by atoms with Crippen LogP contribution >= 0.6 is 0 Å². The second-order valence-electron chi connectivity index (χ2n) is 5.59. The first kappa shape index (κ1) is 14.1. The van der Waals surface area contributed by atoms with E-state index < -0.39 is 0 Å². The van der Waals surface area contributed by atoms with E-state index >= 15 is 0 Å². The maximum atomic E-state index is 5.42. The Labute approximate surface area is 116 Å². The Morgan fingerprint density at radius 3 is 2.89 bits per heavy atom. The quantitative estimate of drug-likeness (QED) is 0.883. The van der Waals surface area contributed by atoms with Gasteiger partial charge in [0.25, 0.3) is 0 Å². The van der Waals surface area contributed by atoms with Gasteiger partial charge in [-0.15, -0.1) is 0 Å². The largest absolute Gasteiger partial charge is 0.478 e. The van der Waals surface area contributed by atoms with Crippen molar-refractivity contribution in [2.75, 3.05) is 11.9 Å². The van der Waals surface area contributed by atoms with Crippen LogP contribution in [0.1, 0.15) is 46.5 Å². The van der Waals surface area contributed by atoms with Crippen molar-refractivity contribution in [3.05, 3.63) is 12.3 Å². The molecule has 4 nitrogen and oxygen atoms in total. The summed E-state index contributed by atoms with van der Waals surface area (Å²) < 4.78 is 5.42. The molecule has 4 heteroatoms. The summed E-state index contributed by atoms with van der Waals surface area (Å²) in [5.41, 5.74) is 0. The number of rotatable bonds is 5. The standard InChI is InChI=1S/C15H25N3O/c1-4-19-14-9-10-16-15(18-14)17-13-8-6-5-7-12(13)11(2)3/h9-13H,4-8H2,1-3H3,(H,16,17,18). The fraction of sp³-hybridized carbons (Fsp3) is 0.733. The van der Waals surface area contributed by atoms with Gasteiger partial charge in [-0.05, 0) is 31.6 Å². The van der Waals surface area contributed by atoms with E-state index in [-0.39, 0.29) is 0 Å². The van der Waals surface area contributed by atoms with Crippen LogP contribution < -0.4 is 10.1 Å².